The number of rotatable bonds is 14. The third-order valence-electron chi connectivity index (χ3n) is 7.23. The normalized spacial score (nSPS) is 11.9. The van der Waals surface area contributed by atoms with Crippen LogP contribution in [0.15, 0.2) is 120 Å². The van der Waals surface area contributed by atoms with E-state index in [1.54, 1.807) is 48.5 Å². The van der Waals surface area contributed by atoms with E-state index in [9.17, 15) is 18.0 Å². The Hall–Kier alpha value is -4.43. The Morgan fingerprint density at radius 1 is 0.767 bits per heavy atom. The van der Waals surface area contributed by atoms with Crippen LogP contribution < -0.4 is 9.62 Å². The summed E-state index contributed by atoms with van der Waals surface area (Å²) in [5, 5.41) is 3.01. The molecule has 0 spiro atoms. The number of anilines is 1. The summed E-state index contributed by atoms with van der Waals surface area (Å²) < 4.78 is 29.0. The maximum atomic E-state index is 14.4. The number of para-hydroxylation sites is 1. The molecule has 1 atom stereocenters. The van der Waals surface area contributed by atoms with Gasteiger partial charge in [0.05, 0.1) is 10.6 Å². The van der Waals surface area contributed by atoms with Crippen LogP contribution in [0.2, 0.25) is 0 Å². The van der Waals surface area contributed by atoms with Gasteiger partial charge in [0.15, 0.2) is 0 Å². The van der Waals surface area contributed by atoms with Gasteiger partial charge in [-0.1, -0.05) is 110 Å². The molecule has 0 aliphatic rings. The highest BCUT2D eigenvalue weighted by molar-refractivity contribution is 7.92. The minimum absolute atomic E-state index is 0.0786. The first-order chi connectivity index (χ1) is 20.8. The van der Waals surface area contributed by atoms with Crippen molar-refractivity contribution in [3.63, 3.8) is 0 Å². The lowest BCUT2D eigenvalue weighted by Gasteiger charge is -2.34. The van der Waals surface area contributed by atoms with E-state index in [-0.39, 0.29) is 23.8 Å². The largest absolute Gasteiger partial charge is 0.354 e. The first-order valence-electron chi connectivity index (χ1n) is 14.6. The van der Waals surface area contributed by atoms with E-state index < -0.39 is 28.5 Å². The zero-order valence-corrected chi connectivity index (χ0v) is 25.5. The average molecular weight is 598 g/mol. The van der Waals surface area contributed by atoms with Gasteiger partial charge < -0.3 is 10.2 Å². The fourth-order valence-corrected chi connectivity index (χ4v) is 6.23. The molecule has 0 aliphatic carbocycles. The van der Waals surface area contributed by atoms with Crippen LogP contribution in [-0.4, -0.2) is 44.3 Å². The van der Waals surface area contributed by atoms with E-state index in [0.717, 1.165) is 33.8 Å². The molecule has 0 aromatic heterocycles. The molecule has 7 nitrogen and oxygen atoms in total. The molecule has 43 heavy (non-hydrogen) atoms. The van der Waals surface area contributed by atoms with Crippen LogP contribution in [-0.2, 0) is 32.6 Å². The van der Waals surface area contributed by atoms with Crippen LogP contribution in [0.5, 0.6) is 0 Å². The summed E-state index contributed by atoms with van der Waals surface area (Å²) in [4.78, 5) is 29.7. The SMILES string of the molecule is CCCCNC(=O)[C@@H](Cc1ccccc1)N(Cc1ccc(C)cc1)C(=O)CN(c1ccccc1)S(=O)(=O)c1ccccc1. The van der Waals surface area contributed by atoms with Crippen molar-refractivity contribution >= 4 is 27.5 Å². The van der Waals surface area contributed by atoms with E-state index in [1.807, 2.05) is 68.4 Å². The summed E-state index contributed by atoms with van der Waals surface area (Å²) in [7, 11) is -4.10. The van der Waals surface area contributed by atoms with Gasteiger partial charge in [-0.2, -0.15) is 0 Å². The molecule has 0 saturated carbocycles. The lowest BCUT2D eigenvalue weighted by Crippen LogP contribution is -2.53. The summed E-state index contributed by atoms with van der Waals surface area (Å²) >= 11 is 0. The number of nitrogens with zero attached hydrogens (tertiary/aromatic N) is 2. The van der Waals surface area contributed by atoms with Gasteiger partial charge in [0.1, 0.15) is 12.6 Å². The second kappa shape index (κ2) is 15.2. The fraction of sp³-hybridized carbons (Fsp3) is 0.257. The summed E-state index contributed by atoms with van der Waals surface area (Å²) in [6.07, 6.45) is 2.01. The molecule has 4 aromatic rings. The number of hydrogen-bond donors (Lipinski definition) is 1. The Bertz CT molecular complexity index is 1560. The van der Waals surface area contributed by atoms with Crippen molar-refractivity contribution in [3.05, 3.63) is 132 Å². The van der Waals surface area contributed by atoms with Crippen LogP contribution in [0.3, 0.4) is 0 Å². The third kappa shape index (κ3) is 8.55. The molecule has 0 bridgehead atoms. The summed E-state index contributed by atoms with van der Waals surface area (Å²) in [6, 6.07) is 33.1. The predicted octanol–water partition coefficient (Wildman–Crippen LogP) is 5.75. The van der Waals surface area contributed by atoms with Crippen LogP contribution in [0.1, 0.15) is 36.5 Å². The van der Waals surface area contributed by atoms with Crippen molar-refractivity contribution in [3.8, 4) is 0 Å². The smallest absolute Gasteiger partial charge is 0.264 e. The molecule has 0 radical (unpaired) electrons. The Kier molecular flexibility index (Phi) is 11.1. The van der Waals surface area contributed by atoms with Gasteiger partial charge in [-0.15, -0.1) is 0 Å². The zero-order chi connectivity index (χ0) is 30.7. The van der Waals surface area contributed by atoms with E-state index >= 15 is 0 Å². The number of sulfonamides is 1. The summed E-state index contributed by atoms with van der Waals surface area (Å²) in [5.74, 6) is -0.745. The molecule has 1 N–H and O–H groups in total. The molecule has 4 rings (SSSR count). The van der Waals surface area contributed by atoms with Gasteiger partial charge >= 0.3 is 0 Å². The fourth-order valence-electron chi connectivity index (χ4n) is 4.79. The molecule has 0 fully saturated rings. The lowest BCUT2D eigenvalue weighted by molar-refractivity contribution is -0.140. The first kappa shape index (κ1) is 31.5. The van der Waals surface area contributed by atoms with Crippen molar-refractivity contribution in [1.82, 2.24) is 10.2 Å². The van der Waals surface area contributed by atoms with Crippen molar-refractivity contribution < 1.29 is 18.0 Å². The van der Waals surface area contributed by atoms with Gasteiger partial charge in [0, 0.05) is 19.5 Å². The second-order valence-electron chi connectivity index (χ2n) is 10.5. The maximum Gasteiger partial charge on any atom is 0.264 e. The second-order valence-corrected chi connectivity index (χ2v) is 12.4. The van der Waals surface area contributed by atoms with Gasteiger partial charge in [0.25, 0.3) is 10.0 Å². The monoisotopic (exact) mass is 597 g/mol. The molecule has 0 unspecified atom stereocenters. The minimum atomic E-state index is -4.10. The Morgan fingerprint density at radius 2 is 1.35 bits per heavy atom. The standard InChI is InChI=1S/C35H39N3O4S/c1-3-4-24-36-35(40)33(25-29-14-8-5-9-15-29)37(26-30-22-20-28(2)21-23-30)34(39)27-38(31-16-10-6-11-17-31)43(41,42)32-18-12-7-13-19-32/h5-23,33H,3-4,24-27H2,1-2H3,(H,36,40)/t33-/m1/s1. The summed E-state index contributed by atoms with van der Waals surface area (Å²) in [5.41, 5.74) is 3.18. The number of unbranched alkanes of at least 4 members (excludes halogenated alkanes) is 1. The number of hydrogen-bond acceptors (Lipinski definition) is 4. The molecule has 0 saturated heterocycles. The Morgan fingerprint density at radius 3 is 1.95 bits per heavy atom. The first-order valence-corrected chi connectivity index (χ1v) is 16.0. The molecule has 8 heteroatoms. The topological polar surface area (TPSA) is 86.8 Å². The van der Waals surface area contributed by atoms with Crippen LogP contribution >= 0.6 is 0 Å². The molecule has 4 aromatic carbocycles. The maximum absolute atomic E-state index is 14.4. The molecular weight excluding hydrogens is 558 g/mol. The van der Waals surface area contributed by atoms with Gasteiger partial charge in [-0.3, -0.25) is 13.9 Å². The van der Waals surface area contributed by atoms with Crippen LogP contribution in [0.4, 0.5) is 5.69 Å². The van der Waals surface area contributed by atoms with E-state index in [4.69, 9.17) is 0 Å². The number of amides is 2. The van der Waals surface area contributed by atoms with Crippen molar-refractivity contribution in [1.29, 1.82) is 0 Å². The van der Waals surface area contributed by atoms with Crippen molar-refractivity contribution in [2.75, 3.05) is 17.4 Å². The summed E-state index contributed by atoms with van der Waals surface area (Å²) in [6.45, 7) is 4.20. The Balaban J connectivity index is 1.76. The number of benzene rings is 4. The molecule has 224 valence electrons. The van der Waals surface area contributed by atoms with Gasteiger partial charge in [0.2, 0.25) is 11.8 Å². The van der Waals surface area contributed by atoms with Gasteiger partial charge in [-0.25, -0.2) is 8.42 Å². The van der Waals surface area contributed by atoms with E-state index in [0.29, 0.717) is 12.2 Å². The lowest BCUT2D eigenvalue weighted by atomic mass is 10.0. The zero-order valence-electron chi connectivity index (χ0n) is 24.7. The highest BCUT2D eigenvalue weighted by Gasteiger charge is 2.34. The van der Waals surface area contributed by atoms with E-state index in [2.05, 4.69) is 5.32 Å². The van der Waals surface area contributed by atoms with Gasteiger partial charge in [-0.05, 0) is 48.7 Å². The molecule has 0 heterocycles. The van der Waals surface area contributed by atoms with Crippen LogP contribution in [0.25, 0.3) is 0 Å². The average Bonchev–Trinajstić information content (AvgIpc) is 3.03. The van der Waals surface area contributed by atoms with Crippen molar-refractivity contribution in [2.24, 2.45) is 0 Å². The number of carbonyl (C=O) groups excluding carboxylic acids is 2. The number of nitrogens with one attached hydrogen (secondary N) is 1. The number of aryl methyl sites for hydroxylation is 1. The Labute approximate surface area is 255 Å². The minimum Gasteiger partial charge on any atom is -0.354 e. The third-order valence-corrected chi connectivity index (χ3v) is 9.02. The van der Waals surface area contributed by atoms with Crippen molar-refractivity contribution in [2.45, 2.75) is 50.6 Å². The highest BCUT2D eigenvalue weighted by atomic mass is 32.2. The predicted molar refractivity (Wildman–Crippen MR) is 171 cm³/mol. The molecule has 0 aliphatic heterocycles. The molecular formula is C35H39N3O4S. The highest BCUT2D eigenvalue weighted by Crippen LogP contribution is 2.25. The van der Waals surface area contributed by atoms with Crippen LogP contribution in [0, 0.1) is 6.92 Å². The van der Waals surface area contributed by atoms with E-state index in [1.165, 1.54) is 17.0 Å². The number of carbonyl (C=O) groups is 2. The quantitative estimate of drug-likeness (QED) is 0.188. The molecule has 2 amide bonds.